The Hall–Kier alpha value is -2.24. The number of ether oxygens (including phenoxy) is 1. The van der Waals surface area contributed by atoms with Crippen LogP contribution in [0.2, 0.25) is 10.0 Å². The molecule has 0 bridgehead atoms. The lowest BCUT2D eigenvalue weighted by molar-refractivity contribution is 0.0955. The number of hydrazone groups is 1. The predicted octanol–water partition coefficient (Wildman–Crippen LogP) is 3.47. The Balaban J connectivity index is 2.11. The molecule has 0 aliphatic carbocycles. The van der Waals surface area contributed by atoms with E-state index in [0.717, 1.165) is 0 Å². The van der Waals surface area contributed by atoms with E-state index in [4.69, 9.17) is 27.9 Å². The highest BCUT2D eigenvalue weighted by molar-refractivity contribution is 6.36. The first-order chi connectivity index (χ1) is 10.5. The molecule has 0 saturated carbocycles. The molecule has 0 aliphatic heterocycles. The van der Waals surface area contributed by atoms with Crippen LogP contribution in [0.15, 0.2) is 41.5 Å². The third-order valence-electron chi connectivity index (χ3n) is 2.80. The average Bonchev–Trinajstić information content (AvgIpc) is 2.48. The van der Waals surface area contributed by atoms with Crippen molar-refractivity contribution in [2.45, 2.75) is 0 Å². The lowest BCUT2D eigenvalue weighted by atomic mass is 10.2. The number of nitrogens with one attached hydrogen (secondary N) is 1. The van der Waals surface area contributed by atoms with Crippen LogP contribution in [-0.2, 0) is 0 Å². The zero-order chi connectivity index (χ0) is 16.1. The summed E-state index contributed by atoms with van der Waals surface area (Å²) in [5.74, 6) is -0.233. The number of halogens is 2. The average molecular weight is 339 g/mol. The Morgan fingerprint density at radius 1 is 1.32 bits per heavy atom. The molecule has 0 radical (unpaired) electrons. The van der Waals surface area contributed by atoms with Gasteiger partial charge in [0.2, 0.25) is 0 Å². The molecule has 2 N–H and O–H groups in total. The summed E-state index contributed by atoms with van der Waals surface area (Å²) >= 11 is 11.7. The third kappa shape index (κ3) is 3.69. The van der Waals surface area contributed by atoms with Crippen LogP contribution in [0.1, 0.15) is 15.9 Å². The molecule has 2 rings (SSSR count). The summed E-state index contributed by atoms with van der Waals surface area (Å²) in [7, 11) is 1.44. The highest BCUT2D eigenvalue weighted by Gasteiger charge is 2.10. The van der Waals surface area contributed by atoms with Gasteiger partial charge in [0.15, 0.2) is 11.5 Å². The van der Waals surface area contributed by atoms with Crippen molar-refractivity contribution in [2.75, 3.05) is 7.11 Å². The van der Waals surface area contributed by atoms with E-state index in [1.165, 1.54) is 25.5 Å². The normalized spacial score (nSPS) is 10.7. The molecule has 5 nitrogen and oxygen atoms in total. The summed E-state index contributed by atoms with van der Waals surface area (Å²) in [6.07, 6.45) is 1.31. The molecule has 2 aromatic carbocycles. The van der Waals surface area contributed by atoms with Gasteiger partial charge in [0, 0.05) is 10.6 Å². The van der Waals surface area contributed by atoms with Crippen LogP contribution in [0.25, 0.3) is 0 Å². The van der Waals surface area contributed by atoms with Crippen molar-refractivity contribution in [3.05, 3.63) is 57.6 Å². The van der Waals surface area contributed by atoms with Gasteiger partial charge in [0.25, 0.3) is 5.91 Å². The summed E-state index contributed by atoms with van der Waals surface area (Å²) in [6, 6.07) is 9.45. The topological polar surface area (TPSA) is 70.9 Å². The Morgan fingerprint density at radius 3 is 2.77 bits per heavy atom. The second-order valence-corrected chi connectivity index (χ2v) is 5.07. The van der Waals surface area contributed by atoms with Crippen molar-refractivity contribution in [3.8, 4) is 11.5 Å². The number of aromatic hydroxyl groups is 1. The van der Waals surface area contributed by atoms with E-state index in [1.54, 1.807) is 24.3 Å². The van der Waals surface area contributed by atoms with Gasteiger partial charge in [-0.1, -0.05) is 29.3 Å². The maximum atomic E-state index is 11.9. The van der Waals surface area contributed by atoms with Gasteiger partial charge in [0.1, 0.15) is 0 Å². The first kappa shape index (κ1) is 16.1. The summed E-state index contributed by atoms with van der Waals surface area (Å²) in [5.41, 5.74) is 2.98. The number of hydrogen-bond acceptors (Lipinski definition) is 4. The van der Waals surface area contributed by atoms with Gasteiger partial charge >= 0.3 is 0 Å². The minimum Gasteiger partial charge on any atom is -0.504 e. The van der Waals surface area contributed by atoms with Gasteiger partial charge in [0.05, 0.1) is 23.9 Å². The number of carbonyl (C=O) groups is 1. The SMILES string of the molecule is COc1cccc(C=NNC(=O)c2ccc(Cl)cc2Cl)c1O. The molecule has 0 spiro atoms. The van der Waals surface area contributed by atoms with E-state index in [-0.39, 0.29) is 16.3 Å². The van der Waals surface area contributed by atoms with Crippen LogP contribution in [0.3, 0.4) is 0 Å². The van der Waals surface area contributed by atoms with E-state index in [2.05, 4.69) is 10.5 Å². The number of carbonyl (C=O) groups excluding carboxylic acids is 1. The minimum absolute atomic E-state index is 0.0625. The van der Waals surface area contributed by atoms with E-state index in [1.807, 2.05) is 0 Å². The van der Waals surface area contributed by atoms with Crippen molar-refractivity contribution in [3.63, 3.8) is 0 Å². The van der Waals surface area contributed by atoms with Crippen LogP contribution in [-0.4, -0.2) is 24.3 Å². The number of nitrogens with zero attached hydrogens (tertiary/aromatic N) is 1. The molecular formula is C15H12Cl2N2O3. The van der Waals surface area contributed by atoms with Crippen LogP contribution >= 0.6 is 23.2 Å². The summed E-state index contributed by atoms with van der Waals surface area (Å²) in [6.45, 7) is 0. The molecule has 22 heavy (non-hydrogen) atoms. The number of methoxy groups -OCH3 is 1. The molecule has 0 aliphatic rings. The molecule has 1 amide bonds. The highest BCUT2D eigenvalue weighted by Crippen LogP contribution is 2.28. The Morgan fingerprint density at radius 2 is 2.09 bits per heavy atom. The van der Waals surface area contributed by atoms with Gasteiger partial charge < -0.3 is 9.84 Å². The smallest absolute Gasteiger partial charge is 0.272 e. The fourth-order valence-corrected chi connectivity index (χ4v) is 2.20. The summed E-state index contributed by atoms with van der Waals surface area (Å²) in [4.78, 5) is 11.9. The number of para-hydroxylation sites is 1. The third-order valence-corrected chi connectivity index (χ3v) is 3.34. The second-order valence-electron chi connectivity index (χ2n) is 4.22. The maximum absolute atomic E-state index is 11.9. The molecular weight excluding hydrogens is 327 g/mol. The second kappa shape index (κ2) is 7.15. The van der Waals surface area contributed by atoms with Crippen molar-refractivity contribution in [1.82, 2.24) is 5.43 Å². The number of phenols is 1. The minimum atomic E-state index is -0.486. The van der Waals surface area contributed by atoms with Crippen LogP contribution in [0.4, 0.5) is 0 Å². The monoisotopic (exact) mass is 338 g/mol. The highest BCUT2D eigenvalue weighted by atomic mass is 35.5. The van der Waals surface area contributed by atoms with Crippen molar-refractivity contribution >= 4 is 35.3 Å². The number of amides is 1. The lowest BCUT2D eigenvalue weighted by Gasteiger charge is -2.05. The molecule has 0 unspecified atom stereocenters. The molecule has 2 aromatic rings. The maximum Gasteiger partial charge on any atom is 0.272 e. The van der Waals surface area contributed by atoms with E-state index in [0.29, 0.717) is 16.3 Å². The van der Waals surface area contributed by atoms with Crippen LogP contribution in [0, 0.1) is 0 Å². The summed E-state index contributed by atoms with van der Waals surface area (Å²) in [5, 5.41) is 14.3. The van der Waals surface area contributed by atoms with Crippen molar-refractivity contribution in [1.29, 1.82) is 0 Å². The fourth-order valence-electron chi connectivity index (χ4n) is 1.70. The predicted molar refractivity (Wildman–Crippen MR) is 86.2 cm³/mol. The molecule has 0 heterocycles. The quantitative estimate of drug-likeness (QED) is 0.662. The first-order valence-corrected chi connectivity index (χ1v) is 6.93. The van der Waals surface area contributed by atoms with Gasteiger partial charge in [-0.2, -0.15) is 5.10 Å². The van der Waals surface area contributed by atoms with Crippen molar-refractivity contribution in [2.24, 2.45) is 5.10 Å². The first-order valence-electron chi connectivity index (χ1n) is 6.17. The Labute approximate surface area is 137 Å². The lowest BCUT2D eigenvalue weighted by Crippen LogP contribution is -2.18. The molecule has 114 valence electrons. The van der Waals surface area contributed by atoms with Crippen molar-refractivity contribution < 1.29 is 14.6 Å². The number of hydrogen-bond donors (Lipinski definition) is 2. The Kier molecular flexibility index (Phi) is 5.25. The zero-order valence-corrected chi connectivity index (χ0v) is 13.0. The molecule has 0 saturated heterocycles. The van der Waals surface area contributed by atoms with Crippen LogP contribution < -0.4 is 10.2 Å². The summed E-state index contributed by atoms with van der Waals surface area (Å²) < 4.78 is 4.98. The standard InChI is InChI=1S/C15H12Cl2N2O3/c1-22-13-4-2-3-9(14(13)20)8-18-19-15(21)11-6-5-10(16)7-12(11)17/h2-8,20H,1H3,(H,19,21). The molecule has 0 atom stereocenters. The van der Waals surface area contributed by atoms with Gasteiger partial charge in [-0.15, -0.1) is 0 Å². The van der Waals surface area contributed by atoms with Gasteiger partial charge in [-0.25, -0.2) is 5.43 Å². The van der Waals surface area contributed by atoms with E-state index < -0.39 is 5.91 Å². The number of benzene rings is 2. The van der Waals surface area contributed by atoms with Gasteiger partial charge in [-0.05, 0) is 30.3 Å². The van der Waals surface area contributed by atoms with Gasteiger partial charge in [-0.3, -0.25) is 4.79 Å². The van der Waals surface area contributed by atoms with Crippen LogP contribution in [0.5, 0.6) is 11.5 Å². The number of phenolic OH excluding ortho intramolecular Hbond substituents is 1. The van der Waals surface area contributed by atoms with E-state index in [9.17, 15) is 9.90 Å². The Bertz CT molecular complexity index is 733. The molecule has 0 aromatic heterocycles. The zero-order valence-electron chi connectivity index (χ0n) is 11.5. The van der Waals surface area contributed by atoms with E-state index >= 15 is 0 Å². The fraction of sp³-hybridized carbons (Fsp3) is 0.0667. The molecule has 0 fully saturated rings. The molecule has 7 heteroatoms. The number of rotatable bonds is 4. The largest absolute Gasteiger partial charge is 0.504 e.